The highest BCUT2D eigenvalue weighted by Gasteiger charge is 2.22. The monoisotopic (exact) mass is 411 g/mol. The Labute approximate surface area is 175 Å². The van der Waals surface area contributed by atoms with Crippen LogP contribution in [-0.4, -0.2) is 63.8 Å². The van der Waals surface area contributed by atoms with Gasteiger partial charge < -0.3 is 9.47 Å². The number of ether oxygens (including phenoxy) is 2. The number of morpholine rings is 1. The molecule has 152 valence electrons. The Hall–Kier alpha value is -2.42. The molecule has 0 radical (unpaired) electrons. The molecule has 8 heteroatoms. The minimum absolute atomic E-state index is 0.170. The summed E-state index contributed by atoms with van der Waals surface area (Å²) in [6.07, 6.45) is 0.170. The van der Waals surface area contributed by atoms with Gasteiger partial charge in [-0.15, -0.1) is 5.10 Å². The van der Waals surface area contributed by atoms with Crippen molar-refractivity contribution in [1.29, 1.82) is 0 Å². The molecule has 0 amide bonds. The van der Waals surface area contributed by atoms with Crippen molar-refractivity contribution in [2.24, 2.45) is 0 Å². The molecule has 2 heterocycles. The van der Waals surface area contributed by atoms with E-state index in [-0.39, 0.29) is 6.10 Å². The first-order chi connectivity index (χ1) is 14.3. The standard InChI is InChI=1S/C21H25N5O2S/c1-27-19-9-7-18(8-10-19)14-26-21(22-23-24-26)29-16-20-15-25(11-12-28-20)13-17-5-3-2-4-6-17/h2-10,20H,11-16H2,1H3/t20-/m1/s1. The van der Waals surface area contributed by atoms with Crippen LogP contribution in [0.5, 0.6) is 5.75 Å². The van der Waals surface area contributed by atoms with Gasteiger partial charge in [0.05, 0.1) is 26.4 Å². The third-order valence-electron chi connectivity index (χ3n) is 4.86. The molecular formula is C21H25N5O2S. The number of tetrazole rings is 1. The molecule has 1 aliphatic rings. The molecule has 7 nitrogen and oxygen atoms in total. The van der Waals surface area contributed by atoms with Crippen LogP contribution in [0.15, 0.2) is 59.8 Å². The van der Waals surface area contributed by atoms with Gasteiger partial charge >= 0.3 is 0 Å². The molecule has 0 spiro atoms. The van der Waals surface area contributed by atoms with Gasteiger partial charge in [0.25, 0.3) is 0 Å². The van der Waals surface area contributed by atoms with Gasteiger partial charge in [-0.05, 0) is 33.7 Å². The Morgan fingerprint density at radius 2 is 1.86 bits per heavy atom. The quantitative estimate of drug-likeness (QED) is 0.528. The van der Waals surface area contributed by atoms with Gasteiger partial charge in [-0.3, -0.25) is 4.90 Å². The van der Waals surface area contributed by atoms with E-state index >= 15 is 0 Å². The lowest BCUT2D eigenvalue weighted by atomic mass is 10.2. The van der Waals surface area contributed by atoms with Gasteiger partial charge in [-0.1, -0.05) is 54.2 Å². The number of hydrogen-bond donors (Lipinski definition) is 0. The molecule has 1 atom stereocenters. The van der Waals surface area contributed by atoms with Gasteiger partial charge in [0.15, 0.2) is 0 Å². The van der Waals surface area contributed by atoms with Crippen LogP contribution in [0.2, 0.25) is 0 Å². The maximum Gasteiger partial charge on any atom is 0.209 e. The van der Waals surface area contributed by atoms with E-state index in [0.717, 1.165) is 48.5 Å². The molecule has 1 aliphatic heterocycles. The molecule has 3 aromatic rings. The summed E-state index contributed by atoms with van der Waals surface area (Å²) in [4.78, 5) is 2.45. The molecule has 1 saturated heterocycles. The molecule has 0 bridgehead atoms. The number of thioether (sulfide) groups is 1. The van der Waals surface area contributed by atoms with Crippen LogP contribution in [0.1, 0.15) is 11.1 Å². The summed E-state index contributed by atoms with van der Waals surface area (Å²) in [7, 11) is 1.67. The summed E-state index contributed by atoms with van der Waals surface area (Å²) < 4.78 is 13.0. The third kappa shape index (κ3) is 5.56. The third-order valence-corrected chi connectivity index (χ3v) is 5.95. The predicted octanol–water partition coefficient (Wildman–Crippen LogP) is 2.72. The highest BCUT2D eigenvalue weighted by molar-refractivity contribution is 7.99. The van der Waals surface area contributed by atoms with E-state index < -0.39 is 0 Å². The van der Waals surface area contributed by atoms with Crippen molar-refractivity contribution in [3.8, 4) is 5.75 Å². The second-order valence-corrected chi connectivity index (χ2v) is 7.98. The van der Waals surface area contributed by atoms with Crippen molar-refractivity contribution in [2.75, 3.05) is 32.6 Å². The topological polar surface area (TPSA) is 65.3 Å². The number of hydrogen-bond acceptors (Lipinski definition) is 7. The molecule has 0 unspecified atom stereocenters. The molecular weight excluding hydrogens is 386 g/mol. The molecule has 4 rings (SSSR count). The second kappa shape index (κ2) is 9.87. The zero-order valence-corrected chi connectivity index (χ0v) is 17.3. The van der Waals surface area contributed by atoms with Crippen molar-refractivity contribution < 1.29 is 9.47 Å². The molecule has 0 N–H and O–H groups in total. The number of benzene rings is 2. The van der Waals surface area contributed by atoms with Crippen molar-refractivity contribution in [3.63, 3.8) is 0 Å². The molecule has 1 fully saturated rings. The largest absolute Gasteiger partial charge is 0.497 e. The van der Waals surface area contributed by atoms with E-state index in [9.17, 15) is 0 Å². The van der Waals surface area contributed by atoms with Gasteiger partial charge in [0, 0.05) is 25.4 Å². The first kappa shape index (κ1) is 19.9. The summed E-state index contributed by atoms with van der Waals surface area (Å²) in [5, 5.41) is 13.0. The van der Waals surface area contributed by atoms with Crippen LogP contribution in [0.4, 0.5) is 0 Å². The summed E-state index contributed by atoms with van der Waals surface area (Å²) in [5.74, 6) is 1.67. The highest BCUT2D eigenvalue weighted by atomic mass is 32.2. The van der Waals surface area contributed by atoms with E-state index in [1.54, 1.807) is 18.9 Å². The number of rotatable bonds is 8. The molecule has 1 aromatic heterocycles. The number of aromatic nitrogens is 4. The number of methoxy groups -OCH3 is 1. The Morgan fingerprint density at radius 3 is 2.66 bits per heavy atom. The second-order valence-electron chi connectivity index (χ2n) is 6.99. The number of nitrogens with zero attached hydrogens (tertiary/aromatic N) is 5. The summed E-state index contributed by atoms with van der Waals surface area (Å²) >= 11 is 1.65. The average molecular weight is 412 g/mol. The predicted molar refractivity (Wildman–Crippen MR) is 112 cm³/mol. The Balaban J connectivity index is 1.30. The lowest BCUT2D eigenvalue weighted by molar-refractivity contribution is -0.0187. The molecule has 0 aliphatic carbocycles. The minimum Gasteiger partial charge on any atom is -0.497 e. The van der Waals surface area contributed by atoms with Crippen molar-refractivity contribution in [2.45, 2.75) is 24.3 Å². The first-order valence-corrected chi connectivity index (χ1v) is 10.7. The molecule has 2 aromatic carbocycles. The Morgan fingerprint density at radius 1 is 1.07 bits per heavy atom. The summed E-state index contributed by atoms with van der Waals surface area (Å²) in [5.41, 5.74) is 2.46. The highest BCUT2D eigenvalue weighted by Crippen LogP contribution is 2.20. The Kier molecular flexibility index (Phi) is 6.76. The normalized spacial score (nSPS) is 17.3. The van der Waals surface area contributed by atoms with Crippen LogP contribution in [-0.2, 0) is 17.8 Å². The minimum atomic E-state index is 0.170. The molecule has 0 saturated carbocycles. The van der Waals surface area contributed by atoms with Crippen molar-refractivity contribution in [1.82, 2.24) is 25.1 Å². The summed E-state index contributed by atoms with van der Waals surface area (Å²) in [6.45, 7) is 4.23. The summed E-state index contributed by atoms with van der Waals surface area (Å²) in [6, 6.07) is 18.5. The lowest BCUT2D eigenvalue weighted by Gasteiger charge is -2.32. The van der Waals surface area contributed by atoms with E-state index in [1.807, 2.05) is 28.9 Å². The van der Waals surface area contributed by atoms with Crippen LogP contribution >= 0.6 is 11.8 Å². The van der Waals surface area contributed by atoms with Crippen molar-refractivity contribution in [3.05, 3.63) is 65.7 Å². The van der Waals surface area contributed by atoms with E-state index in [0.29, 0.717) is 6.54 Å². The van der Waals surface area contributed by atoms with Gasteiger partial charge in [0.2, 0.25) is 5.16 Å². The van der Waals surface area contributed by atoms with Gasteiger partial charge in [0.1, 0.15) is 5.75 Å². The van der Waals surface area contributed by atoms with Crippen LogP contribution in [0.3, 0.4) is 0 Å². The zero-order chi connectivity index (χ0) is 19.9. The SMILES string of the molecule is COc1ccc(Cn2nnnc2SC[C@H]2CN(Cc3ccccc3)CCO2)cc1. The van der Waals surface area contributed by atoms with Crippen molar-refractivity contribution >= 4 is 11.8 Å². The van der Waals surface area contributed by atoms with E-state index in [1.165, 1.54) is 5.56 Å². The van der Waals surface area contributed by atoms with Crippen LogP contribution < -0.4 is 4.74 Å². The maximum absolute atomic E-state index is 5.97. The fourth-order valence-electron chi connectivity index (χ4n) is 3.34. The maximum atomic E-state index is 5.97. The fourth-order valence-corrected chi connectivity index (χ4v) is 4.22. The van der Waals surface area contributed by atoms with Gasteiger partial charge in [-0.25, -0.2) is 4.68 Å². The smallest absolute Gasteiger partial charge is 0.209 e. The van der Waals surface area contributed by atoms with Crippen LogP contribution in [0.25, 0.3) is 0 Å². The first-order valence-electron chi connectivity index (χ1n) is 9.70. The van der Waals surface area contributed by atoms with Gasteiger partial charge in [-0.2, -0.15) is 0 Å². The molecule has 29 heavy (non-hydrogen) atoms. The Bertz CT molecular complexity index is 888. The average Bonchev–Trinajstić information content (AvgIpc) is 3.21. The lowest BCUT2D eigenvalue weighted by Crippen LogP contribution is -2.43. The van der Waals surface area contributed by atoms with E-state index in [4.69, 9.17) is 9.47 Å². The fraction of sp³-hybridized carbons (Fsp3) is 0.381. The van der Waals surface area contributed by atoms with E-state index in [2.05, 4.69) is 50.8 Å². The van der Waals surface area contributed by atoms with Crippen LogP contribution in [0, 0.1) is 0 Å². The zero-order valence-electron chi connectivity index (χ0n) is 16.5.